The summed E-state index contributed by atoms with van der Waals surface area (Å²) in [6, 6.07) is 9.57. The molecule has 5 nitrogen and oxygen atoms in total. The van der Waals surface area contributed by atoms with Gasteiger partial charge in [-0.05, 0) is 36.9 Å². The molecule has 3 rings (SSSR count). The van der Waals surface area contributed by atoms with E-state index in [0.717, 1.165) is 17.1 Å². The fourth-order valence-corrected chi connectivity index (χ4v) is 2.09. The van der Waals surface area contributed by atoms with Crippen LogP contribution < -0.4 is 11.1 Å². The highest BCUT2D eigenvalue weighted by molar-refractivity contribution is 5.72. The van der Waals surface area contributed by atoms with Crippen LogP contribution in [0.3, 0.4) is 0 Å². The van der Waals surface area contributed by atoms with Crippen LogP contribution in [-0.4, -0.2) is 12.0 Å². The summed E-state index contributed by atoms with van der Waals surface area (Å²) in [4.78, 5) is 13.7. The molecule has 2 aromatic heterocycles. The van der Waals surface area contributed by atoms with Crippen LogP contribution in [0.4, 0.5) is 0 Å². The Morgan fingerprint density at radius 1 is 1.16 bits per heavy atom. The fraction of sp³-hybridized carbons (Fsp3) is 0.214. The number of aromatic amines is 1. The van der Waals surface area contributed by atoms with E-state index in [0.29, 0.717) is 24.1 Å². The molecule has 0 atom stereocenters. The van der Waals surface area contributed by atoms with Gasteiger partial charge < -0.3 is 14.2 Å². The largest absolute Gasteiger partial charge is 0.464 e. The number of nitrogens with one attached hydrogen (secondary N) is 2. The van der Waals surface area contributed by atoms with Gasteiger partial charge in [0, 0.05) is 6.42 Å². The van der Waals surface area contributed by atoms with Crippen molar-refractivity contribution in [2.24, 2.45) is 0 Å². The highest BCUT2D eigenvalue weighted by atomic mass is 16.4. The first-order chi connectivity index (χ1) is 9.24. The minimum atomic E-state index is -0.429. The molecule has 0 unspecified atom stereocenters. The maximum absolute atomic E-state index is 11.1. The summed E-state index contributed by atoms with van der Waals surface area (Å²) in [5, 5.41) is 3.04. The topological polar surface area (TPSA) is 71.2 Å². The lowest BCUT2D eigenvalue weighted by atomic mass is 10.1. The lowest BCUT2D eigenvalue weighted by Gasteiger charge is -1.98. The Morgan fingerprint density at radius 2 is 2.00 bits per heavy atom. The zero-order valence-electron chi connectivity index (χ0n) is 10.5. The number of fused-ring (bicyclic) bond motifs is 1. The third-order valence-electron chi connectivity index (χ3n) is 2.93. The molecule has 0 aliphatic carbocycles. The maximum Gasteiger partial charge on any atom is 0.417 e. The minimum Gasteiger partial charge on any atom is -0.464 e. The highest BCUT2D eigenvalue weighted by Gasteiger charge is 2.06. The predicted octanol–water partition coefficient (Wildman–Crippen LogP) is 2.02. The van der Waals surface area contributed by atoms with Gasteiger partial charge >= 0.3 is 5.76 Å². The third kappa shape index (κ3) is 2.46. The summed E-state index contributed by atoms with van der Waals surface area (Å²) in [5.74, 6) is 1.37. The van der Waals surface area contributed by atoms with Gasteiger partial charge in [-0.2, -0.15) is 0 Å². The van der Waals surface area contributed by atoms with Gasteiger partial charge in [0.15, 0.2) is 5.58 Å². The summed E-state index contributed by atoms with van der Waals surface area (Å²) >= 11 is 0. The van der Waals surface area contributed by atoms with Gasteiger partial charge in [-0.25, -0.2) is 4.79 Å². The number of hydrogen-bond donors (Lipinski definition) is 2. The van der Waals surface area contributed by atoms with Gasteiger partial charge in [0.05, 0.1) is 12.1 Å². The van der Waals surface area contributed by atoms with Gasteiger partial charge in [0.2, 0.25) is 0 Å². The Hall–Kier alpha value is -2.27. The average molecular weight is 258 g/mol. The molecular formula is C14H14N2O3. The summed E-state index contributed by atoms with van der Waals surface area (Å²) in [6.07, 6.45) is 0.675. The molecule has 2 heterocycles. The second kappa shape index (κ2) is 4.78. The first-order valence-corrected chi connectivity index (χ1v) is 6.08. The Labute approximate surface area is 109 Å². The van der Waals surface area contributed by atoms with Crippen molar-refractivity contribution in [2.75, 3.05) is 7.05 Å². The van der Waals surface area contributed by atoms with Gasteiger partial charge in [-0.3, -0.25) is 4.98 Å². The van der Waals surface area contributed by atoms with E-state index in [9.17, 15) is 4.79 Å². The molecule has 0 spiro atoms. The van der Waals surface area contributed by atoms with E-state index in [1.807, 2.05) is 37.4 Å². The molecule has 0 saturated carbocycles. The number of hydrogen-bond acceptors (Lipinski definition) is 4. The molecule has 1 aromatic carbocycles. The van der Waals surface area contributed by atoms with Crippen LogP contribution in [0.25, 0.3) is 11.1 Å². The molecule has 2 N–H and O–H groups in total. The molecule has 0 aliphatic heterocycles. The molecule has 3 aromatic rings. The molecule has 0 amide bonds. The number of H-pyrrole nitrogens is 1. The molecule has 5 heteroatoms. The van der Waals surface area contributed by atoms with Crippen molar-refractivity contribution >= 4 is 11.1 Å². The second-order valence-corrected chi connectivity index (χ2v) is 4.42. The van der Waals surface area contributed by atoms with E-state index < -0.39 is 5.76 Å². The summed E-state index contributed by atoms with van der Waals surface area (Å²) < 4.78 is 10.7. The number of oxazole rings is 1. The van der Waals surface area contributed by atoms with Gasteiger partial charge in [0.25, 0.3) is 0 Å². The Kier molecular flexibility index (Phi) is 2.97. The second-order valence-electron chi connectivity index (χ2n) is 4.42. The van der Waals surface area contributed by atoms with Crippen LogP contribution in [0.15, 0.2) is 44.0 Å². The lowest BCUT2D eigenvalue weighted by molar-refractivity contribution is 0.462. The predicted molar refractivity (Wildman–Crippen MR) is 71.1 cm³/mol. The van der Waals surface area contributed by atoms with Crippen LogP contribution in [0.2, 0.25) is 0 Å². The van der Waals surface area contributed by atoms with Gasteiger partial charge in [-0.15, -0.1) is 0 Å². The fourth-order valence-electron chi connectivity index (χ4n) is 2.09. The van der Waals surface area contributed by atoms with E-state index >= 15 is 0 Å². The van der Waals surface area contributed by atoms with E-state index in [4.69, 9.17) is 8.83 Å². The van der Waals surface area contributed by atoms with E-state index in [1.54, 1.807) is 0 Å². The lowest BCUT2D eigenvalue weighted by Crippen LogP contribution is -2.03. The average Bonchev–Trinajstić information content (AvgIpc) is 2.95. The molecule has 98 valence electrons. The smallest absolute Gasteiger partial charge is 0.417 e. The first-order valence-electron chi connectivity index (χ1n) is 6.08. The molecular weight excluding hydrogens is 244 g/mol. The Bertz CT molecular complexity index is 751. The highest BCUT2D eigenvalue weighted by Crippen LogP contribution is 2.17. The van der Waals surface area contributed by atoms with Crippen molar-refractivity contribution in [3.8, 4) is 0 Å². The quantitative estimate of drug-likeness (QED) is 0.751. The zero-order chi connectivity index (χ0) is 13.2. The van der Waals surface area contributed by atoms with Crippen molar-refractivity contribution < 1.29 is 8.83 Å². The normalized spacial score (nSPS) is 11.2. The molecule has 19 heavy (non-hydrogen) atoms. The van der Waals surface area contributed by atoms with Crippen LogP contribution in [0.5, 0.6) is 0 Å². The monoisotopic (exact) mass is 258 g/mol. The molecule has 0 saturated heterocycles. The maximum atomic E-state index is 11.1. The summed E-state index contributed by atoms with van der Waals surface area (Å²) in [7, 11) is 1.88. The molecule has 0 bridgehead atoms. The van der Waals surface area contributed by atoms with Gasteiger partial charge in [0.1, 0.15) is 11.5 Å². The third-order valence-corrected chi connectivity index (χ3v) is 2.93. The zero-order valence-corrected chi connectivity index (χ0v) is 10.5. The van der Waals surface area contributed by atoms with Crippen LogP contribution in [0.1, 0.15) is 17.1 Å². The standard InChI is InChI=1S/C14H14N2O3/c1-15-8-11-4-3-10(18-11)6-9-2-5-12-13(7-9)19-14(17)16-12/h2-5,7,15H,6,8H2,1H3,(H,16,17). The van der Waals surface area contributed by atoms with Gasteiger partial charge in [-0.1, -0.05) is 6.07 Å². The first kappa shape index (κ1) is 11.8. The van der Waals surface area contributed by atoms with Crippen molar-refractivity contribution in [3.63, 3.8) is 0 Å². The van der Waals surface area contributed by atoms with Crippen molar-refractivity contribution in [3.05, 3.63) is 58.0 Å². The Morgan fingerprint density at radius 3 is 2.84 bits per heavy atom. The van der Waals surface area contributed by atoms with E-state index in [1.165, 1.54) is 0 Å². The minimum absolute atomic E-state index is 0.429. The molecule has 0 aliphatic rings. The van der Waals surface area contributed by atoms with E-state index in [-0.39, 0.29) is 0 Å². The van der Waals surface area contributed by atoms with Crippen molar-refractivity contribution in [1.29, 1.82) is 0 Å². The summed E-state index contributed by atoms with van der Waals surface area (Å²) in [6.45, 7) is 0.714. The SMILES string of the molecule is CNCc1ccc(Cc2ccc3[nH]c(=O)oc3c2)o1. The Balaban J connectivity index is 1.85. The number of furan rings is 1. The molecule has 0 fully saturated rings. The number of rotatable bonds is 4. The van der Waals surface area contributed by atoms with E-state index in [2.05, 4.69) is 10.3 Å². The van der Waals surface area contributed by atoms with Crippen LogP contribution >= 0.6 is 0 Å². The van der Waals surface area contributed by atoms with Crippen LogP contribution in [0, 0.1) is 0 Å². The number of aromatic nitrogens is 1. The van der Waals surface area contributed by atoms with Crippen molar-refractivity contribution in [1.82, 2.24) is 10.3 Å². The van der Waals surface area contributed by atoms with Crippen LogP contribution in [-0.2, 0) is 13.0 Å². The molecule has 0 radical (unpaired) electrons. The van der Waals surface area contributed by atoms with Crippen molar-refractivity contribution in [2.45, 2.75) is 13.0 Å². The summed E-state index contributed by atoms with van der Waals surface area (Å²) in [5.41, 5.74) is 2.33. The number of benzene rings is 1.